The lowest BCUT2D eigenvalue weighted by atomic mass is 10.1. The molecule has 1 amide bonds. The number of hydrazone groups is 1. The van der Waals surface area contributed by atoms with Crippen molar-refractivity contribution in [2.75, 3.05) is 7.11 Å². The molecule has 0 aromatic heterocycles. The fourth-order valence-corrected chi connectivity index (χ4v) is 2.74. The van der Waals surface area contributed by atoms with Gasteiger partial charge in [-0.25, -0.2) is 5.43 Å². The van der Waals surface area contributed by atoms with E-state index in [9.17, 15) is 25.0 Å². The second-order valence-corrected chi connectivity index (χ2v) is 6.62. The van der Waals surface area contributed by atoms with Crippen LogP contribution in [0.25, 0.3) is 0 Å². The molecule has 11 heteroatoms. The Morgan fingerprint density at radius 2 is 1.61 bits per heavy atom. The lowest BCUT2D eigenvalue weighted by Crippen LogP contribution is -2.18. The number of nitro groups is 2. The minimum atomic E-state index is -0.658. The molecule has 0 radical (unpaired) electrons. The third-order valence-corrected chi connectivity index (χ3v) is 4.45. The summed E-state index contributed by atoms with van der Waals surface area (Å²) in [7, 11) is 1.35. The second-order valence-electron chi connectivity index (χ2n) is 6.62. The largest absolute Gasteiger partial charge is 0.496 e. The van der Waals surface area contributed by atoms with E-state index >= 15 is 0 Å². The number of rotatable bonds is 9. The zero-order valence-electron chi connectivity index (χ0n) is 17.3. The van der Waals surface area contributed by atoms with Crippen LogP contribution in [0.1, 0.15) is 21.5 Å². The molecule has 0 unspecified atom stereocenters. The summed E-state index contributed by atoms with van der Waals surface area (Å²) in [5, 5.41) is 25.5. The third kappa shape index (κ3) is 6.10. The van der Waals surface area contributed by atoms with E-state index in [2.05, 4.69) is 10.5 Å². The third-order valence-electron chi connectivity index (χ3n) is 4.45. The molecule has 0 aliphatic carbocycles. The maximum atomic E-state index is 12.3. The van der Waals surface area contributed by atoms with Gasteiger partial charge in [-0.1, -0.05) is 0 Å². The van der Waals surface area contributed by atoms with Gasteiger partial charge in [0.2, 0.25) is 0 Å². The van der Waals surface area contributed by atoms with Crippen LogP contribution in [0.5, 0.6) is 11.5 Å². The lowest BCUT2D eigenvalue weighted by Gasteiger charge is -2.07. The zero-order valence-corrected chi connectivity index (χ0v) is 17.3. The van der Waals surface area contributed by atoms with Crippen LogP contribution >= 0.6 is 0 Å². The summed E-state index contributed by atoms with van der Waals surface area (Å²) < 4.78 is 10.7. The summed E-state index contributed by atoms with van der Waals surface area (Å²) in [6, 6.07) is 16.6. The van der Waals surface area contributed by atoms with E-state index in [-0.39, 0.29) is 29.3 Å². The first-order valence-corrected chi connectivity index (χ1v) is 9.49. The van der Waals surface area contributed by atoms with Gasteiger partial charge in [0.05, 0.1) is 28.7 Å². The Labute approximate surface area is 187 Å². The average molecular weight is 450 g/mol. The molecular formula is C22H18N4O7. The highest BCUT2D eigenvalue weighted by molar-refractivity contribution is 5.98. The number of hydrogen-bond acceptors (Lipinski definition) is 8. The van der Waals surface area contributed by atoms with Gasteiger partial charge in [-0.15, -0.1) is 0 Å². The summed E-state index contributed by atoms with van der Waals surface area (Å²) in [4.78, 5) is 32.9. The van der Waals surface area contributed by atoms with Gasteiger partial charge in [-0.2, -0.15) is 5.10 Å². The molecule has 0 aliphatic heterocycles. The normalized spacial score (nSPS) is 10.6. The van der Waals surface area contributed by atoms with Crippen molar-refractivity contribution in [3.05, 3.63) is 104 Å². The van der Waals surface area contributed by atoms with Crippen LogP contribution in [0.2, 0.25) is 0 Å². The standard InChI is InChI=1S/C22H18N4O7/c1-32-21-11-8-18(26(30)31)12-20(21)22(27)24-23-13-15-4-9-19(10-5-15)33-14-16-2-6-17(7-3-16)25(28)29/h2-13H,14H2,1H3,(H,24,27)/b23-13-. The van der Waals surface area contributed by atoms with E-state index in [4.69, 9.17) is 9.47 Å². The van der Waals surface area contributed by atoms with Crippen LogP contribution in [0.4, 0.5) is 11.4 Å². The second kappa shape index (κ2) is 10.5. The Bertz CT molecular complexity index is 1190. The monoisotopic (exact) mass is 450 g/mol. The number of carbonyl (C=O) groups excluding carboxylic acids is 1. The molecule has 33 heavy (non-hydrogen) atoms. The summed E-state index contributed by atoms with van der Waals surface area (Å²) >= 11 is 0. The highest BCUT2D eigenvalue weighted by Crippen LogP contribution is 2.24. The van der Waals surface area contributed by atoms with Crippen molar-refractivity contribution in [2.24, 2.45) is 5.10 Å². The Balaban J connectivity index is 1.57. The van der Waals surface area contributed by atoms with Gasteiger partial charge in [0, 0.05) is 24.3 Å². The molecular weight excluding hydrogens is 432 g/mol. The Morgan fingerprint density at radius 3 is 2.21 bits per heavy atom. The number of carbonyl (C=O) groups is 1. The van der Waals surface area contributed by atoms with Crippen LogP contribution in [0, 0.1) is 20.2 Å². The Hall–Kier alpha value is -4.80. The summed E-state index contributed by atoms with van der Waals surface area (Å²) in [5.41, 5.74) is 3.52. The highest BCUT2D eigenvalue weighted by Gasteiger charge is 2.17. The first-order chi connectivity index (χ1) is 15.9. The van der Waals surface area contributed by atoms with Crippen LogP contribution in [0.15, 0.2) is 71.8 Å². The summed E-state index contributed by atoms with van der Waals surface area (Å²) in [6.45, 7) is 0.243. The molecule has 0 atom stereocenters. The molecule has 0 heterocycles. The SMILES string of the molecule is COc1ccc([N+](=O)[O-])cc1C(=O)N/N=C\c1ccc(OCc2ccc([N+](=O)[O-])cc2)cc1. The van der Waals surface area contributed by atoms with Crippen molar-refractivity contribution >= 4 is 23.5 Å². The fourth-order valence-electron chi connectivity index (χ4n) is 2.74. The summed E-state index contributed by atoms with van der Waals surface area (Å²) in [6.07, 6.45) is 1.40. The number of hydrogen-bond donors (Lipinski definition) is 1. The number of methoxy groups -OCH3 is 1. The van der Waals surface area contributed by atoms with Crippen LogP contribution in [-0.4, -0.2) is 29.1 Å². The molecule has 3 aromatic carbocycles. The molecule has 0 saturated carbocycles. The van der Waals surface area contributed by atoms with Gasteiger partial charge in [-0.3, -0.25) is 25.0 Å². The molecule has 0 aliphatic rings. The van der Waals surface area contributed by atoms with E-state index in [0.717, 1.165) is 11.6 Å². The molecule has 0 spiro atoms. The lowest BCUT2D eigenvalue weighted by molar-refractivity contribution is -0.385. The number of nitrogens with one attached hydrogen (secondary N) is 1. The summed E-state index contributed by atoms with van der Waals surface area (Å²) in [5.74, 6) is 0.105. The minimum absolute atomic E-state index is 0.0124. The Morgan fingerprint density at radius 1 is 0.970 bits per heavy atom. The first kappa shape index (κ1) is 22.9. The van der Waals surface area contributed by atoms with Crippen LogP contribution in [-0.2, 0) is 6.61 Å². The molecule has 1 N–H and O–H groups in total. The number of non-ortho nitro benzene ring substituents is 2. The van der Waals surface area contributed by atoms with Gasteiger partial charge < -0.3 is 9.47 Å². The maximum absolute atomic E-state index is 12.3. The van der Waals surface area contributed by atoms with E-state index in [1.807, 2.05) is 0 Å². The van der Waals surface area contributed by atoms with Crippen molar-refractivity contribution in [2.45, 2.75) is 6.61 Å². The van der Waals surface area contributed by atoms with Crippen molar-refractivity contribution in [3.63, 3.8) is 0 Å². The molecule has 3 rings (SSSR count). The number of benzene rings is 3. The van der Waals surface area contributed by atoms with Crippen molar-refractivity contribution in [1.82, 2.24) is 5.43 Å². The van der Waals surface area contributed by atoms with Gasteiger partial charge in [-0.05, 0) is 53.6 Å². The molecule has 11 nitrogen and oxygen atoms in total. The molecule has 168 valence electrons. The van der Waals surface area contributed by atoms with E-state index < -0.39 is 15.8 Å². The first-order valence-electron chi connectivity index (χ1n) is 9.49. The number of amides is 1. The molecule has 0 saturated heterocycles. The van der Waals surface area contributed by atoms with E-state index in [1.165, 1.54) is 37.6 Å². The number of ether oxygens (including phenoxy) is 2. The minimum Gasteiger partial charge on any atom is -0.496 e. The van der Waals surface area contributed by atoms with Gasteiger partial charge in [0.15, 0.2) is 0 Å². The molecule has 0 bridgehead atoms. The predicted octanol–water partition coefficient (Wildman–Crippen LogP) is 3.85. The average Bonchev–Trinajstić information content (AvgIpc) is 2.83. The molecule has 3 aromatic rings. The predicted molar refractivity (Wildman–Crippen MR) is 119 cm³/mol. The molecule has 0 fully saturated rings. The van der Waals surface area contributed by atoms with Crippen molar-refractivity contribution in [1.29, 1.82) is 0 Å². The van der Waals surface area contributed by atoms with Gasteiger partial charge in [0.1, 0.15) is 18.1 Å². The number of nitrogens with zero attached hydrogens (tertiary/aromatic N) is 3. The van der Waals surface area contributed by atoms with E-state index in [0.29, 0.717) is 11.3 Å². The van der Waals surface area contributed by atoms with Gasteiger partial charge >= 0.3 is 0 Å². The van der Waals surface area contributed by atoms with Gasteiger partial charge in [0.25, 0.3) is 17.3 Å². The van der Waals surface area contributed by atoms with Crippen molar-refractivity contribution < 1.29 is 24.1 Å². The fraction of sp³-hybridized carbons (Fsp3) is 0.0909. The Kier molecular flexibility index (Phi) is 7.27. The quantitative estimate of drug-likeness (QED) is 0.296. The van der Waals surface area contributed by atoms with Crippen LogP contribution < -0.4 is 14.9 Å². The smallest absolute Gasteiger partial charge is 0.275 e. The van der Waals surface area contributed by atoms with Crippen LogP contribution in [0.3, 0.4) is 0 Å². The van der Waals surface area contributed by atoms with E-state index in [1.54, 1.807) is 36.4 Å². The number of nitro benzene ring substituents is 2. The maximum Gasteiger partial charge on any atom is 0.275 e. The zero-order chi connectivity index (χ0) is 23.8. The topological polar surface area (TPSA) is 146 Å². The highest BCUT2D eigenvalue weighted by atomic mass is 16.6. The van der Waals surface area contributed by atoms with Crippen molar-refractivity contribution in [3.8, 4) is 11.5 Å².